The first-order valence-electron chi connectivity index (χ1n) is 9.63. The number of nitrogens with one attached hydrogen (secondary N) is 1. The first-order valence-corrected chi connectivity index (χ1v) is 9.63. The third kappa shape index (κ3) is 3.97. The van der Waals surface area contributed by atoms with Crippen LogP contribution in [0.5, 0.6) is 5.75 Å². The number of amides is 1. The van der Waals surface area contributed by atoms with Gasteiger partial charge in [0, 0.05) is 14.2 Å². The van der Waals surface area contributed by atoms with Gasteiger partial charge in [-0.15, -0.1) is 0 Å². The molecule has 166 valence electrons. The number of rotatable bonds is 5. The number of guanidine groups is 1. The fourth-order valence-corrected chi connectivity index (χ4v) is 4.65. The van der Waals surface area contributed by atoms with Gasteiger partial charge in [-0.25, -0.2) is 0 Å². The third-order valence-electron chi connectivity index (χ3n) is 6.29. The molecule has 1 aromatic carbocycles. The average molecular weight is 431 g/mol. The van der Waals surface area contributed by atoms with E-state index in [1.807, 2.05) is 0 Å². The summed E-state index contributed by atoms with van der Waals surface area (Å²) < 4.78 is 61.5. The maximum atomic E-state index is 13.4. The van der Waals surface area contributed by atoms with E-state index in [9.17, 15) is 22.4 Å². The molecule has 0 bridgehead atoms. The van der Waals surface area contributed by atoms with Crippen molar-refractivity contribution in [1.29, 1.82) is 5.41 Å². The van der Waals surface area contributed by atoms with Crippen LogP contribution >= 0.6 is 0 Å². The van der Waals surface area contributed by atoms with Crippen LogP contribution in [0.25, 0.3) is 0 Å². The van der Waals surface area contributed by atoms with Gasteiger partial charge in [-0.05, 0) is 60.8 Å². The summed E-state index contributed by atoms with van der Waals surface area (Å²) >= 11 is 0. The Balaban J connectivity index is 1.99. The Morgan fingerprint density at radius 3 is 2.50 bits per heavy atom. The number of fused-ring (bicyclic) bond motifs is 1. The molecule has 0 aromatic heterocycles. The molecule has 0 aliphatic heterocycles. The fraction of sp³-hybridized carbons (Fsp3) is 0.600. The highest BCUT2D eigenvalue weighted by atomic mass is 19.3. The second-order valence-electron chi connectivity index (χ2n) is 8.01. The molecule has 1 saturated carbocycles. The van der Waals surface area contributed by atoms with Crippen LogP contribution in [0.4, 0.5) is 17.6 Å². The largest absolute Gasteiger partial charge is 0.461 e. The van der Waals surface area contributed by atoms with Crippen molar-refractivity contribution in [3.63, 3.8) is 0 Å². The number of hydrogen-bond donors (Lipinski definition) is 2. The van der Waals surface area contributed by atoms with Crippen molar-refractivity contribution in [2.75, 3.05) is 14.2 Å². The molecule has 0 heterocycles. The predicted octanol–water partition coefficient (Wildman–Crippen LogP) is 3.49. The lowest BCUT2D eigenvalue weighted by Crippen LogP contribution is -2.46. The summed E-state index contributed by atoms with van der Waals surface area (Å²) in [6.45, 7) is 0. The van der Waals surface area contributed by atoms with Crippen molar-refractivity contribution in [3.05, 3.63) is 29.3 Å². The second kappa shape index (κ2) is 8.05. The summed E-state index contributed by atoms with van der Waals surface area (Å²) in [5.41, 5.74) is 6.23. The Morgan fingerprint density at radius 1 is 1.33 bits per heavy atom. The van der Waals surface area contributed by atoms with Crippen LogP contribution in [-0.2, 0) is 16.0 Å². The molecular formula is C20H25F4N3O3. The lowest BCUT2D eigenvalue weighted by atomic mass is 9.65. The van der Waals surface area contributed by atoms with Gasteiger partial charge in [-0.3, -0.25) is 15.1 Å². The van der Waals surface area contributed by atoms with Crippen LogP contribution in [0, 0.1) is 10.8 Å². The Kier molecular flexibility index (Phi) is 5.99. The van der Waals surface area contributed by atoms with E-state index in [4.69, 9.17) is 15.9 Å². The summed E-state index contributed by atoms with van der Waals surface area (Å²) in [4.78, 5) is 14.3. The molecule has 10 heteroatoms. The van der Waals surface area contributed by atoms with Crippen molar-refractivity contribution in [2.24, 2.45) is 11.1 Å². The van der Waals surface area contributed by atoms with Gasteiger partial charge in [0.1, 0.15) is 5.75 Å². The highest BCUT2D eigenvalue weighted by Crippen LogP contribution is 2.56. The molecule has 1 spiro atoms. The summed E-state index contributed by atoms with van der Waals surface area (Å²) in [6, 6.07) is 3.99. The standard InChI is InChI=1S/C20H25F4N3O3/c1-27(18(25)26)16(28)15-14-9-13(30-20(23,24)17(21)22)4-3-11(14)10-19(15)7-5-12(29-2)6-8-19/h3-4,9,12,15,17H,5-8,10H2,1-2H3,(H3,25,26)/t12?,15-,19?/m0/s1. The molecule has 3 N–H and O–H groups in total. The average Bonchev–Trinajstić information content (AvgIpc) is 2.99. The molecule has 6 nitrogen and oxygen atoms in total. The molecule has 2 aliphatic rings. The SMILES string of the molecule is COC1CCC2(CC1)Cc1ccc(OC(F)(F)C(F)F)cc1[C@H]2C(=O)N(C)C(=N)N. The zero-order valence-corrected chi connectivity index (χ0v) is 16.8. The van der Waals surface area contributed by atoms with Crippen molar-refractivity contribution >= 4 is 11.9 Å². The van der Waals surface area contributed by atoms with Crippen molar-refractivity contribution in [1.82, 2.24) is 4.90 Å². The number of benzene rings is 1. The van der Waals surface area contributed by atoms with Crippen LogP contribution in [0.3, 0.4) is 0 Å². The van der Waals surface area contributed by atoms with E-state index in [0.29, 0.717) is 24.8 Å². The number of carbonyl (C=O) groups excluding carboxylic acids is 1. The second-order valence-corrected chi connectivity index (χ2v) is 8.01. The van der Waals surface area contributed by atoms with E-state index in [-0.39, 0.29) is 6.10 Å². The molecular weight excluding hydrogens is 406 g/mol. The Morgan fingerprint density at radius 2 is 1.97 bits per heavy atom. The molecule has 1 aromatic rings. The van der Waals surface area contributed by atoms with Gasteiger partial charge in [0.25, 0.3) is 0 Å². The van der Waals surface area contributed by atoms with E-state index in [1.165, 1.54) is 25.2 Å². The van der Waals surface area contributed by atoms with E-state index in [0.717, 1.165) is 23.3 Å². The van der Waals surface area contributed by atoms with Gasteiger partial charge < -0.3 is 15.2 Å². The smallest absolute Gasteiger partial charge is 0.428 e. The zero-order valence-electron chi connectivity index (χ0n) is 16.8. The Labute approximate surface area is 171 Å². The fourth-order valence-electron chi connectivity index (χ4n) is 4.65. The van der Waals surface area contributed by atoms with Crippen LogP contribution in [-0.4, -0.2) is 49.6 Å². The van der Waals surface area contributed by atoms with Gasteiger partial charge in [0.15, 0.2) is 5.96 Å². The quantitative estimate of drug-likeness (QED) is 0.424. The molecule has 0 radical (unpaired) electrons. The molecule has 3 rings (SSSR count). The van der Waals surface area contributed by atoms with Crippen LogP contribution in [0.15, 0.2) is 18.2 Å². The molecule has 2 aliphatic carbocycles. The lowest BCUT2D eigenvalue weighted by molar-refractivity contribution is -0.253. The van der Waals surface area contributed by atoms with Crippen LogP contribution < -0.4 is 10.5 Å². The van der Waals surface area contributed by atoms with Gasteiger partial charge in [-0.2, -0.15) is 17.6 Å². The minimum Gasteiger partial charge on any atom is -0.428 e. The predicted molar refractivity (Wildman–Crippen MR) is 101 cm³/mol. The first kappa shape index (κ1) is 22.3. The lowest BCUT2D eigenvalue weighted by Gasteiger charge is -2.41. The third-order valence-corrected chi connectivity index (χ3v) is 6.29. The number of nitrogens with zero attached hydrogens (tertiary/aromatic N) is 1. The molecule has 1 amide bonds. The summed E-state index contributed by atoms with van der Waals surface area (Å²) in [7, 11) is 3.01. The number of nitrogens with two attached hydrogens (primary N) is 1. The maximum absolute atomic E-state index is 13.4. The van der Waals surface area contributed by atoms with Gasteiger partial charge in [0.05, 0.1) is 12.0 Å². The Bertz CT molecular complexity index is 826. The number of halogens is 4. The van der Waals surface area contributed by atoms with E-state index < -0.39 is 41.5 Å². The van der Waals surface area contributed by atoms with Crippen molar-refractivity contribution < 1.29 is 31.8 Å². The molecule has 1 fully saturated rings. The number of alkyl halides is 4. The van der Waals surface area contributed by atoms with E-state index in [2.05, 4.69) is 4.74 Å². The zero-order chi connectivity index (χ0) is 22.3. The maximum Gasteiger partial charge on any atom is 0.461 e. The van der Waals surface area contributed by atoms with Gasteiger partial charge in [-0.1, -0.05) is 6.07 Å². The minimum absolute atomic E-state index is 0.0734. The number of ether oxygens (including phenoxy) is 2. The molecule has 1 atom stereocenters. The topological polar surface area (TPSA) is 88.6 Å². The molecule has 0 saturated heterocycles. The highest BCUT2D eigenvalue weighted by Gasteiger charge is 2.52. The molecule has 30 heavy (non-hydrogen) atoms. The minimum atomic E-state index is -4.64. The highest BCUT2D eigenvalue weighted by molar-refractivity contribution is 5.99. The summed E-state index contributed by atoms with van der Waals surface area (Å²) in [6.07, 6.45) is -5.25. The van der Waals surface area contributed by atoms with E-state index >= 15 is 0 Å². The summed E-state index contributed by atoms with van der Waals surface area (Å²) in [5.74, 6) is -2.06. The van der Waals surface area contributed by atoms with Crippen molar-refractivity contribution in [2.45, 2.75) is 56.7 Å². The number of methoxy groups -OCH3 is 1. The number of likely N-dealkylation sites (N-methyl/N-ethyl adjacent to an activating group) is 1. The summed E-state index contributed by atoms with van der Waals surface area (Å²) in [5, 5.41) is 7.61. The molecule has 0 unspecified atom stereocenters. The first-order chi connectivity index (χ1) is 14.0. The van der Waals surface area contributed by atoms with Crippen molar-refractivity contribution in [3.8, 4) is 5.75 Å². The monoisotopic (exact) mass is 431 g/mol. The Hall–Kier alpha value is -2.36. The van der Waals surface area contributed by atoms with E-state index in [1.54, 1.807) is 7.11 Å². The normalized spacial score (nSPS) is 26.0. The number of carbonyl (C=O) groups is 1. The number of hydrogen-bond acceptors (Lipinski definition) is 4. The van der Waals surface area contributed by atoms with Gasteiger partial charge in [0.2, 0.25) is 5.91 Å². The van der Waals surface area contributed by atoms with Gasteiger partial charge >= 0.3 is 12.5 Å². The van der Waals surface area contributed by atoms with Crippen LogP contribution in [0.1, 0.15) is 42.7 Å². The van der Waals surface area contributed by atoms with Crippen LogP contribution in [0.2, 0.25) is 0 Å².